The van der Waals surface area contributed by atoms with Crippen molar-refractivity contribution in [1.29, 1.82) is 0 Å². The number of aromatic carboxylic acids is 1. The summed E-state index contributed by atoms with van der Waals surface area (Å²) in [6, 6.07) is 3.27. The van der Waals surface area contributed by atoms with Gasteiger partial charge in [-0.25, -0.2) is 9.78 Å². The number of nitrogens with zero attached hydrogens (tertiary/aromatic N) is 2. The molecule has 2 heterocycles. The van der Waals surface area contributed by atoms with Gasteiger partial charge in [-0.2, -0.15) is 0 Å². The molecule has 1 saturated heterocycles. The summed E-state index contributed by atoms with van der Waals surface area (Å²) in [5.74, 6) is -0.0391. The van der Waals surface area contributed by atoms with Crippen molar-refractivity contribution in [3.8, 4) is 5.88 Å². The van der Waals surface area contributed by atoms with Gasteiger partial charge in [0.2, 0.25) is 5.88 Å². The first-order chi connectivity index (χ1) is 11.1. The number of aliphatic hydroxyl groups excluding tert-OH is 1. The fourth-order valence-corrected chi connectivity index (χ4v) is 2.80. The smallest absolute Gasteiger partial charge is 0.354 e. The zero-order valence-electron chi connectivity index (χ0n) is 13.1. The van der Waals surface area contributed by atoms with Crippen LogP contribution in [0.1, 0.15) is 22.5 Å². The van der Waals surface area contributed by atoms with Crippen LogP contribution in [0.4, 0.5) is 0 Å². The van der Waals surface area contributed by atoms with Crippen LogP contribution in [0.5, 0.6) is 5.88 Å². The molecular formula is C16H22N2O5. The molecule has 0 aromatic carbocycles. The van der Waals surface area contributed by atoms with Crippen LogP contribution in [-0.2, 0) is 11.3 Å². The van der Waals surface area contributed by atoms with E-state index in [0.29, 0.717) is 30.9 Å². The normalized spacial score (nSPS) is 24.3. The summed E-state index contributed by atoms with van der Waals surface area (Å²) in [6.45, 7) is 3.01. The number of carboxylic acids is 1. The van der Waals surface area contributed by atoms with E-state index in [1.165, 1.54) is 6.07 Å². The third-order valence-electron chi connectivity index (χ3n) is 4.55. The van der Waals surface area contributed by atoms with Crippen molar-refractivity contribution in [3.63, 3.8) is 0 Å². The van der Waals surface area contributed by atoms with Gasteiger partial charge in [0.1, 0.15) is 0 Å². The number of aromatic nitrogens is 1. The lowest BCUT2D eigenvalue weighted by Gasteiger charge is -2.38. The average molecular weight is 322 g/mol. The number of hydrogen-bond donors (Lipinski definition) is 2. The summed E-state index contributed by atoms with van der Waals surface area (Å²) in [5.41, 5.74) is 0.863. The minimum absolute atomic E-state index is 0.0170. The summed E-state index contributed by atoms with van der Waals surface area (Å²) in [6.07, 6.45) is 1.22. The van der Waals surface area contributed by atoms with Crippen LogP contribution in [0.25, 0.3) is 0 Å². The first-order valence-corrected chi connectivity index (χ1v) is 7.82. The maximum atomic E-state index is 11.1. The first-order valence-electron chi connectivity index (χ1n) is 7.82. The van der Waals surface area contributed by atoms with Gasteiger partial charge in [0, 0.05) is 38.9 Å². The highest BCUT2D eigenvalue weighted by atomic mass is 16.5. The lowest BCUT2D eigenvalue weighted by molar-refractivity contribution is -0.0337. The molecule has 0 radical (unpaired) electrons. The molecule has 3 rings (SSSR count). The Bertz CT molecular complexity index is 574. The summed E-state index contributed by atoms with van der Waals surface area (Å²) >= 11 is 0. The molecule has 1 aliphatic carbocycles. The van der Waals surface area contributed by atoms with E-state index in [0.717, 1.165) is 25.1 Å². The van der Waals surface area contributed by atoms with Crippen molar-refractivity contribution in [2.75, 3.05) is 33.4 Å². The Morgan fingerprint density at radius 1 is 1.39 bits per heavy atom. The summed E-state index contributed by atoms with van der Waals surface area (Å²) in [5, 5.41) is 18.2. The highest BCUT2D eigenvalue weighted by molar-refractivity contribution is 5.85. The molecule has 1 saturated carbocycles. The summed E-state index contributed by atoms with van der Waals surface area (Å²) in [4.78, 5) is 17.4. The molecule has 2 aliphatic rings. The lowest BCUT2D eigenvalue weighted by atomic mass is 10.1. The number of carboxylic acid groups (broad SMARTS) is 1. The quantitative estimate of drug-likeness (QED) is 0.725. The molecule has 0 bridgehead atoms. The van der Waals surface area contributed by atoms with Crippen LogP contribution >= 0.6 is 0 Å². The standard InChI is InChI=1S/C16H22N2O5/c1-22-13-6-18(7-13)5-10-2-3-14(16(20)21)17-15(10)23-9-12-4-11(12)8-19/h2-3,11-13,19H,4-9H2,1H3,(H,20,21)/t11-,12-/m1/s1. The number of aliphatic hydroxyl groups is 1. The highest BCUT2D eigenvalue weighted by Crippen LogP contribution is 2.38. The van der Waals surface area contributed by atoms with E-state index in [-0.39, 0.29) is 18.4 Å². The minimum atomic E-state index is -1.07. The molecule has 126 valence electrons. The second kappa shape index (κ2) is 6.82. The molecule has 1 aromatic rings. The van der Waals surface area contributed by atoms with Crippen LogP contribution in [0, 0.1) is 11.8 Å². The van der Waals surface area contributed by atoms with Crippen molar-refractivity contribution in [3.05, 3.63) is 23.4 Å². The number of rotatable bonds is 8. The molecule has 2 fully saturated rings. The molecular weight excluding hydrogens is 300 g/mol. The van der Waals surface area contributed by atoms with E-state index in [2.05, 4.69) is 9.88 Å². The van der Waals surface area contributed by atoms with Gasteiger partial charge in [-0.3, -0.25) is 4.90 Å². The second-order valence-electron chi connectivity index (χ2n) is 6.27. The van der Waals surface area contributed by atoms with Gasteiger partial charge < -0.3 is 19.7 Å². The van der Waals surface area contributed by atoms with Crippen molar-refractivity contribution >= 4 is 5.97 Å². The Labute approximate surface area is 134 Å². The molecule has 0 unspecified atom stereocenters. The third kappa shape index (κ3) is 3.80. The first kappa shape index (κ1) is 16.2. The fourth-order valence-electron chi connectivity index (χ4n) is 2.80. The second-order valence-corrected chi connectivity index (χ2v) is 6.27. The van der Waals surface area contributed by atoms with E-state index in [1.807, 2.05) is 0 Å². The number of methoxy groups -OCH3 is 1. The van der Waals surface area contributed by atoms with Crippen LogP contribution in [-0.4, -0.2) is 65.6 Å². The van der Waals surface area contributed by atoms with Crippen molar-refractivity contribution in [2.45, 2.75) is 19.1 Å². The molecule has 23 heavy (non-hydrogen) atoms. The van der Waals surface area contributed by atoms with Crippen LogP contribution in [0.2, 0.25) is 0 Å². The van der Waals surface area contributed by atoms with Gasteiger partial charge in [0.25, 0.3) is 0 Å². The zero-order valence-corrected chi connectivity index (χ0v) is 13.1. The minimum Gasteiger partial charge on any atom is -0.477 e. The number of likely N-dealkylation sites (tertiary alicyclic amines) is 1. The molecule has 2 N–H and O–H groups in total. The number of ether oxygens (including phenoxy) is 2. The predicted molar refractivity (Wildman–Crippen MR) is 81.4 cm³/mol. The van der Waals surface area contributed by atoms with E-state index in [9.17, 15) is 4.79 Å². The third-order valence-corrected chi connectivity index (χ3v) is 4.55. The fraction of sp³-hybridized carbons (Fsp3) is 0.625. The van der Waals surface area contributed by atoms with Crippen LogP contribution in [0.3, 0.4) is 0 Å². The maximum absolute atomic E-state index is 11.1. The largest absolute Gasteiger partial charge is 0.477 e. The molecule has 0 amide bonds. The van der Waals surface area contributed by atoms with Crippen molar-refractivity contribution in [2.24, 2.45) is 11.8 Å². The molecule has 0 spiro atoms. The molecule has 1 aromatic heterocycles. The SMILES string of the molecule is COC1CN(Cc2ccc(C(=O)O)nc2OC[C@H]2C[C@@H]2CO)C1. The average Bonchev–Trinajstić information content (AvgIpc) is 3.27. The Morgan fingerprint density at radius 2 is 2.17 bits per heavy atom. The van der Waals surface area contributed by atoms with Gasteiger partial charge in [-0.15, -0.1) is 0 Å². The topological polar surface area (TPSA) is 92.1 Å². The molecule has 7 nitrogen and oxygen atoms in total. The Kier molecular flexibility index (Phi) is 4.79. The van der Waals surface area contributed by atoms with Crippen molar-refractivity contribution in [1.82, 2.24) is 9.88 Å². The van der Waals surface area contributed by atoms with E-state index in [1.54, 1.807) is 13.2 Å². The van der Waals surface area contributed by atoms with Gasteiger partial charge in [-0.05, 0) is 30.4 Å². The van der Waals surface area contributed by atoms with Crippen molar-refractivity contribution < 1.29 is 24.5 Å². The highest BCUT2D eigenvalue weighted by Gasteiger charge is 2.37. The summed E-state index contributed by atoms with van der Waals surface area (Å²) in [7, 11) is 1.70. The van der Waals surface area contributed by atoms with E-state index in [4.69, 9.17) is 19.7 Å². The van der Waals surface area contributed by atoms with Crippen LogP contribution < -0.4 is 4.74 Å². The zero-order chi connectivity index (χ0) is 16.4. The predicted octanol–water partition coefficient (Wildman–Crippen LogP) is 0.618. The maximum Gasteiger partial charge on any atom is 0.354 e. The number of carbonyl (C=O) groups is 1. The van der Waals surface area contributed by atoms with Gasteiger partial charge in [0.05, 0.1) is 12.7 Å². The van der Waals surface area contributed by atoms with Gasteiger partial charge in [0.15, 0.2) is 5.69 Å². The van der Waals surface area contributed by atoms with Gasteiger partial charge in [-0.1, -0.05) is 0 Å². The molecule has 2 atom stereocenters. The monoisotopic (exact) mass is 322 g/mol. The van der Waals surface area contributed by atoms with Crippen LogP contribution in [0.15, 0.2) is 12.1 Å². The van der Waals surface area contributed by atoms with Gasteiger partial charge >= 0.3 is 5.97 Å². The molecule has 1 aliphatic heterocycles. The Morgan fingerprint density at radius 3 is 2.78 bits per heavy atom. The Hall–Kier alpha value is -1.70. The lowest BCUT2D eigenvalue weighted by Crippen LogP contribution is -2.50. The summed E-state index contributed by atoms with van der Waals surface area (Å²) < 4.78 is 11.0. The molecule has 7 heteroatoms. The number of hydrogen-bond acceptors (Lipinski definition) is 6. The van der Waals surface area contributed by atoms with E-state index >= 15 is 0 Å². The number of pyridine rings is 1. The van der Waals surface area contributed by atoms with E-state index < -0.39 is 5.97 Å². The Balaban J connectivity index is 1.65.